The third-order valence-corrected chi connectivity index (χ3v) is 7.73. The lowest BCUT2D eigenvalue weighted by atomic mass is 9.84. The van der Waals surface area contributed by atoms with Crippen molar-refractivity contribution in [1.82, 2.24) is 5.32 Å². The summed E-state index contributed by atoms with van der Waals surface area (Å²) in [6, 6.07) is 13.1. The molecular formula is C31H36F3NO4. The molecule has 1 saturated carbocycles. The van der Waals surface area contributed by atoms with E-state index in [2.05, 4.69) is 5.32 Å². The molecule has 0 aromatic heterocycles. The van der Waals surface area contributed by atoms with Gasteiger partial charge >= 0.3 is 12.1 Å². The summed E-state index contributed by atoms with van der Waals surface area (Å²) in [5.74, 6) is -0.819. The Bertz CT molecular complexity index is 1120. The molecule has 2 aromatic carbocycles. The molecule has 0 aliphatic heterocycles. The molecule has 5 nitrogen and oxygen atoms in total. The van der Waals surface area contributed by atoms with E-state index in [0.29, 0.717) is 18.8 Å². The van der Waals surface area contributed by atoms with E-state index in [1.54, 1.807) is 0 Å². The highest BCUT2D eigenvalue weighted by Gasteiger charge is 2.30. The highest BCUT2D eigenvalue weighted by molar-refractivity contribution is 5.81. The van der Waals surface area contributed by atoms with Crippen molar-refractivity contribution in [2.75, 3.05) is 6.54 Å². The zero-order valence-corrected chi connectivity index (χ0v) is 22.0. The molecule has 2 N–H and O–H groups in total. The number of aliphatic carboxylic acids is 1. The van der Waals surface area contributed by atoms with Gasteiger partial charge in [-0.25, -0.2) is 0 Å². The summed E-state index contributed by atoms with van der Waals surface area (Å²) < 4.78 is 45.4. The van der Waals surface area contributed by atoms with Crippen molar-refractivity contribution in [1.29, 1.82) is 0 Å². The van der Waals surface area contributed by atoms with Crippen LogP contribution >= 0.6 is 0 Å². The SMILES string of the molecule is O=C(O)CCNC(=O)C1C=CC(OC(CC2CCCCC2)c2ccc(-c3ccc(C(F)(F)F)cc3)cc2)CC1. The number of amides is 1. The molecule has 39 heavy (non-hydrogen) atoms. The van der Waals surface area contributed by atoms with E-state index in [-0.39, 0.29) is 37.0 Å². The minimum Gasteiger partial charge on any atom is -0.481 e. The molecule has 4 rings (SSSR count). The van der Waals surface area contributed by atoms with Crippen molar-refractivity contribution in [3.8, 4) is 11.1 Å². The van der Waals surface area contributed by atoms with E-state index in [0.717, 1.165) is 35.2 Å². The van der Waals surface area contributed by atoms with Gasteiger partial charge in [0.1, 0.15) is 0 Å². The van der Waals surface area contributed by atoms with Gasteiger partial charge in [-0.1, -0.05) is 80.7 Å². The quantitative estimate of drug-likeness (QED) is 0.308. The fourth-order valence-electron chi connectivity index (χ4n) is 5.50. The van der Waals surface area contributed by atoms with Gasteiger partial charge in [-0.05, 0) is 54.0 Å². The number of nitrogens with one attached hydrogen (secondary N) is 1. The molecule has 1 fully saturated rings. The van der Waals surface area contributed by atoms with Crippen molar-refractivity contribution in [2.45, 2.75) is 76.2 Å². The van der Waals surface area contributed by atoms with Crippen LogP contribution < -0.4 is 5.32 Å². The van der Waals surface area contributed by atoms with Crippen LogP contribution in [0.4, 0.5) is 13.2 Å². The molecule has 210 valence electrons. The highest BCUT2D eigenvalue weighted by Crippen LogP contribution is 2.37. The largest absolute Gasteiger partial charge is 0.481 e. The topological polar surface area (TPSA) is 75.6 Å². The maximum absolute atomic E-state index is 12.9. The third kappa shape index (κ3) is 8.43. The summed E-state index contributed by atoms with van der Waals surface area (Å²) in [4.78, 5) is 23.0. The second kappa shape index (κ2) is 13.3. The average Bonchev–Trinajstić information content (AvgIpc) is 2.93. The number of carboxylic acid groups (broad SMARTS) is 1. The normalized spacial score (nSPS) is 20.9. The smallest absolute Gasteiger partial charge is 0.416 e. The number of hydrogen-bond acceptors (Lipinski definition) is 3. The summed E-state index contributed by atoms with van der Waals surface area (Å²) in [7, 11) is 0. The number of halogens is 3. The minimum absolute atomic E-state index is 0.103. The maximum atomic E-state index is 12.9. The lowest BCUT2D eigenvalue weighted by Gasteiger charge is -2.31. The number of ether oxygens (including phenoxy) is 1. The standard InChI is InChI=1S/C31H36F3NO4/c32-31(33,34)26-14-10-23(11-15-26)22-6-8-24(9-7-22)28(20-21-4-2-1-3-5-21)39-27-16-12-25(13-17-27)30(38)35-19-18-29(36)37/h6-12,14-16,21,25,27-28H,1-5,13,17-20H2,(H,35,38)(H,36,37). The molecule has 0 spiro atoms. The van der Waals surface area contributed by atoms with Gasteiger partial charge in [-0.2, -0.15) is 13.2 Å². The van der Waals surface area contributed by atoms with Crippen LogP contribution in [0.3, 0.4) is 0 Å². The van der Waals surface area contributed by atoms with Gasteiger partial charge in [0.2, 0.25) is 5.91 Å². The van der Waals surface area contributed by atoms with Crippen molar-refractivity contribution in [3.05, 3.63) is 71.8 Å². The molecule has 8 heteroatoms. The van der Waals surface area contributed by atoms with E-state index in [4.69, 9.17) is 9.84 Å². The van der Waals surface area contributed by atoms with Crippen molar-refractivity contribution >= 4 is 11.9 Å². The number of hydrogen-bond donors (Lipinski definition) is 2. The first-order valence-corrected chi connectivity index (χ1v) is 13.8. The van der Waals surface area contributed by atoms with Gasteiger partial charge in [-0.15, -0.1) is 0 Å². The van der Waals surface area contributed by atoms with Gasteiger partial charge in [0, 0.05) is 6.54 Å². The first-order valence-electron chi connectivity index (χ1n) is 13.8. The predicted molar refractivity (Wildman–Crippen MR) is 143 cm³/mol. The summed E-state index contributed by atoms with van der Waals surface area (Å²) >= 11 is 0. The van der Waals surface area contributed by atoms with Crippen molar-refractivity contribution in [3.63, 3.8) is 0 Å². The van der Waals surface area contributed by atoms with Gasteiger partial charge < -0.3 is 15.2 Å². The van der Waals surface area contributed by atoms with Gasteiger partial charge in [0.05, 0.1) is 30.1 Å². The molecular weight excluding hydrogens is 507 g/mol. The molecule has 2 aliphatic rings. The number of rotatable bonds is 10. The monoisotopic (exact) mass is 543 g/mol. The maximum Gasteiger partial charge on any atom is 0.416 e. The van der Waals surface area contributed by atoms with Crippen LogP contribution in [0, 0.1) is 11.8 Å². The van der Waals surface area contributed by atoms with E-state index in [1.807, 2.05) is 36.4 Å². The summed E-state index contributed by atoms with van der Waals surface area (Å²) in [5, 5.41) is 11.4. The van der Waals surface area contributed by atoms with Gasteiger partial charge in [0.15, 0.2) is 0 Å². The fourth-order valence-corrected chi connectivity index (χ4v) is 5.50. The third-order valence-electron chi connectivity index (χ3n) is 7.73. The second-order valence-electron chi connectivity index (χ2n) is 10.6. The Hall–Kier alpha value is -3.13. The molecule has 0 radical (unpaired) electrons. The number of carbonyl (C=O) groups excluding carboxylic acids is 1. The van der Waals surface area contributed by atoms with Crippen LogP contribution in [0.15, 0.2) is 60.7 Å². The fraction of sp³-hybridized carbons (Fsp3) is 0.484. The Labute approximate surface area is 227 Å². The minimum atomic E-state index is -4.36. The van der Waals surface area contributed by atoms with E-state index in [1.165, 1.54) is 44.2 Å². The van der Waals surface area contributed by atoms with Crippen molar-refractivity contribution < 1.29 is 32.6 Å². The zero-order valence-electron chi connectivity index (χ0n) is 22.0. The first kappa shape index (κ1) is 28.9. The van der Waals surface area contributed by atoms with Crippen LogP contribution in [0.25, 0.3) is 11.1 Å². The highest BCUT2D eigenvalue weighted by atomic mass is 19.4. The number of carboxylic acids is 1. The Morgan fingerprint density at radius 2 is 1.54 bits per heavy atom. The van der Waals surface area contributed by atoms with Crippen molar-refractivity contribution in [2.24, 2.45) is 11.8 Å². The van der Waals surface area contributed by atoms with Crippen LogP contribution in [0.2, 0.25) is 0 Å². The molecule has 2 aromatic rings. The lowest BCUT2D eigenvalue weighted by Crippen LogP contribution is -2.33. The predicted octanol–water partition coefficient (Wildman–Crippen LogP) is 7.33. The van der Waals surface area contributed by atoms with E-state index in [9.17, 15) is 22.8 Å². The Morgan fingerprint density at radius 1 is 0.897 bits per heavy atom. The van der Waals surface area contributed by atoms with Crippen LogP contribution in [0.5, 0.6) is 0 Å². The molecule has 1 amide bonds. The molecule has 0 heterocycles. The molecule has 0 saturated heterocycles. The van der Waals surface area contributed by atoms with Crippen LogP contribution in [0.1, 0.15) is 75.0 Å². The average molecular weight is 544 g/mol. The van der Waals surface area contributed by atoms with Crippen LogP contribution in [-0.4, -0.2) is 29.6 Å². The Kier molecular flexibility index (Phi) is 9.83. The zero-order chi connectivity index (χ0) is 27.8. The number of carbonyl (C=O) groups is 2. The summed E-state index contributed by atoms with van der Waals surface area (Å²) in [6.45, 7) is 0.115. The Morgan fingerprint density at radius 3 is 2.10 bits per heavy atom. The lowest BCUT2D eigenvalue weighted by molar-refractivity contribution is -0.138. The molecule has 0 bridgehead atoms. The van der Waals surface area contributed by atoms with E-state index < -0.39 is 17.7 Å². The van der Waals surface area contributed by atoms with Crippen LogP contribution in [-0.2, 0) is 20.5 Å². The van der Waals surface area contributed by atoms with Gasteiger partial charge in [-0.3, -0.25) is 9.59 Å². The summed E-state index contributed by atoms with van der Waals surface area (Å²) in [6.07, 6.45) is 7.41. The number of benzene rings is 2. The summed E-state index contributed by atoms with van der Waals surface area (Å²) in [5.41, 5.74) is 1.95. The molecule has 3 unspecified atom stereocenters. The Balaban J connectivity index is 1.43. The van der Waals surface area contributed by atoms with Gasteiger partial charge in [0.25, 0.3) is 0 Å². The molecule has 2 aliphatic carbocycles. The second-order valence-corrected chi connectivity index (χ2v) is 10.6. The van der Waals surface area contributed by atoms with E-state index >= 15 is 0 Å². The molecule has 3 atom stereocenters. The number of alkyl halides is 3. The first-order chi connectivity index (χ1) is 18.7.